The van der Waals surface area contributed by atoms with Gasteiger partial charge >= 0.3 is 6.09 Å². The summed E-state index contributed by atoms with van der Waals surface area (Å²) in [5, 5.41) is 11.3. The molecule has 10 heteroatoms. The molecule has 1 aliphatic heterocycles. The second-order valence-electron chi connectivity index (χ2n) is 5.11. The molecule has 2 amide bonds. The van der Waals surface area contributed by atoms with Crippen molar-refractivity contribution in [3.8, 4) is 5.82 Å². The summed E-state index contributed by atoms with van der Waals surface area (Å²) in [6.07, 6.45) is 0.948. The Labute approximate surface area is 140 Å². The van der Waals surface area contributed by atoms with Crippen LogP contribution in [0, 0.1) is 0 Å². The normalized spacial score (nSPS) is 14.1. The van der Waals surface area contributed by atoms with Crippen LogP contribution in [0.3, 0.4) is 0 Å². The molecule has 124 valence electrons. The number of imidazole rings is 1. The van der Waals surface area contributed by atoms with Crippen molar-refractivity contribution in [1.82, 2.24) is 24.8 Å². The SMILES string of the molecule is O=Cc1nc(Cl)c(C(=O)NC2CN(C(=O)O)C2)n1-c1ccccn1. The van der Waals surface area contributed by atoms with Crippen molar-refractivity contribution in [3.05, 3.63) is 41.1 Å². The molecular formula is C14H12ClN5O4. The number of likely N-dealkylation sites (tertiary alicyclic amines) is 1. The molecule has 0 saturated carbocycles. The number of carboxylic acid groups (broad SMARTS) is 1. The summed E-state index contributed by atoms with van der Waals surface area (Å²) in [6, 6.07) is 4.67. The van der Waals surface area contributed by atoms with Crippen molar-refractivity contribution in [2.75, 3.05) is 13.1 Å². The van der Waals surface area contributed by atoms with E-state index in [-0.39, 0.29) is 35.8 Å². The highest BCUT2D eigenvalue weighted by Crippen LogP contribution is 2.21. The van der Waals surface area contributed by atoms with E-state index < -0.39 is 12.0 Å². The molecule has 2 N–H and O–H groups in total. The van der Waals surface area contributed by atoms with Gasteiger partial charge in [-0.15, -0.1) is 0 Å². The Morgan fingerprint density at radius 3 is 2.71 bits per heavy atom. The van der Waals surface area contributed by atoms with E-state index in [1.54, 1.807) is 18.2 Å². The predicted octanol–water partition coefficient (Wildman–Crippen LogP) is 0.825. The Hall–Kier alpha value is -2.94. The summed E-state index contributed by atoms with van der Waals surface area (Å²) in [5.41, 5.74) is -0.0220. The molecule has 3 rings (SSSR count). The minimum atomic E-state index is -1.04. The monoisotopic (exact) mass is 349 g/mol. The zero-order chi connectivity index (χ0) is 17.3. The number of nitrogens with one attached hydrogen (secondary N) is 1. The molecule has 24 heavy (non-hydrogen) atoms. The summed E-state index contributed by atoms with van der Waals surface area (Å²) in [5.74, 6) is -0.282. The van der Waals surface area contributed by atoms with Crippen LogP contribution in [0.1, 0.15) is 21.1 Å². The van der Waals surface area contributed by atoms with Gasteiger partial charge in [-0.1, -0.05) is 17.7 Å². The highest BCUT2D eigenvalue weighted by Gasteiger charge is 2.33. The lowest BCUT2D eigenvalue weighted by atomic mass is 10.1. The van der Waals surface area contributed by atoms with E-state index in [0.717, 1.165) is 0 Å². The molecule has 3 heterocycles. The van der Waals surface area contributed by atoms with Crippen LogP contribution >= 0.6 is 11.6 Å². The first-order valence-electron chi connectivity index (χ1n) is 6.94. The number of carbonyl (C=O) groups is 3. The van der Waals surface area contributed by atoms with Crippen molar-refractivity contribution in [3.63, 3.8) is 0 Å². The largest absolute Gasteiger partial charge is 0.465 e. The minimum absolute atomic E-state index is 0.0220. The molecule has 2 aromatic rings. The fourth-order valence-corrected chi connectivity index (χ4v) is 2.64. The fourth-order valence-electron chi connectivity index (χ4n) is 2.38. The van der Waals surface area contributed by atoms with Gasteiger partial charge in [0.15, 0.2) is 23.0 Å². The Morgan fingerprint density at radius 1 is 1.38 bits per heavy atom. The molecular weight excluding hydrogens is 338 g/mol. The summed E-state index contributed by atoms with van der Waals surface area (Å²) >= 11 is 6.01. The van der Waals surface area contributed by atoms with Gasteiger partial charge in [-0.3, -0.25) is 14.2 Å². The third-order valence-corrected chi connectivity index (χ3v) is 3.81. The number of aromatic nitrogens is 3. The van der Waals surface area contributed by atoms with Crippen LogP contribution < -0.4 is 5.32 Å². The molecule has 0 aromatic carbocycles. The van der Waals surface area contributed by atoms with E-state index in [9.17, 15) is 14.4 Å². The van der Waals surface area contributed by atoms with Crippen molar-refractivity contribution >= 4 is 29.9 Å². The number of nitrogens with zero attached hydrogens (tertiary/aromatic N) is 4. The standard InChI is InChI=1S/C14H12ClN5O4/c15-12-11(13(22)17-8-5-19(6-8)14(23)24)20(10(7-21)18-12)9-3-1-2-4-16-9/h1-4,7-8H,5-6H2,(H,17,22)(H,23,24). The fraction of sp³-hybridized carbons (Fsp3) is 0.214. The van der Waals surface area contributed by atoms with E-state index in [1.807, 2.05) is 0 Å². The highest BCUT2D eigenvalue weighted by atomic mass is 35.5. The molecule has 0 unspecified atom stereocenters. The third-order valence-electron chi connectivity index (χ3n) is 3.55. The van der Waals surface area contributed by atoms with Gasteiger partial charge in [-0.05, 0) is 12.1 Å². The number of carbonyl (C=O) groups excluding carboxylic acids is 2. The first-order chi connectivity index (χ1) is 11.5. The van der Waals surface area contributed by atoms with E-state index in [4.69, 9.17) is 16.7 Å². The van der Waals surface area contributed by atoms with Crippen LogP contribution in [0.5, 0.6) is 0 Å². The maximum Gasteiger partial charge on any atom is 0.407 e. The van der Waals surface area contributed by atoms with Gasteiger partial charge in [0.1, 0.15) is 5.82 Å². The lowest BCUT2D eigenvalue weighted by Gasteiger charge is -2.37. The molecule has 9 nitrogen and oxygen atoms in total. The summed E-state index contributed by atoms with van der Waals surface area (Å²) in [7, 11) is 0. The lowest BCUT2D eigenvalue weighted by molar-refractivity contribution is 0.0762. The van der Waals surface area contributed by atoms with Crippen molar-refractivity contribution < 1.29 is 19.5 Å². The number of aldehydes is 1. The van der Waals surface area contributed by atoms with Gasteiger partial charge in [-0.2, -0.15) is 0 Å². The molecule has 0 radical (unpaired) electrons. The van der Waals surface area contributed by atoms with Crippen LogP contribution in [0.2, 0.25) is 5.15 Å². The highest BCUT2D eigenvalue weighted by molar-refractivity contribution is 6.32. The van der Waals surface area contributed by atoms with Gasteiger partial charge < -0.3 is 15.3 Å². The number of pyridine rings is 1. The van der Waals surface area contributed by atoms with Crippen LogP contribution in [0.4, 0.5) is 4.79 Å². The number of hydrogen-bond donors (Lipinski definition) is 2. The van der Waals surface area contributed by atoms with Crippen LogP contribution in [0.15, 0.2) is 24.4 Å². The van der Waals surface area contributed by atoms with Crippen LogP contribution in [-0.2, 0) is 0 Å². The quantitative estimate of drug-likeness (QED) is 0.789. The Morgan fingerprint density at radius 2 is 2.12 bits per heavy atom. The number of hydrogen-bond acceptors (Lipinski definition) is 5. The van der Waals surface area contributed by atoms with Gasteiger partial charge in [0.05, 0.1) is 6.04 Å². The van der Waals surface area contributed by atoms with Gasteiger partial charge in [0, 0.05) is 19.3 Å². The minimum Gasteiger partial charge on any atom is -0.465 e. The van der Waals surface area contributed by atoms with E-state index in [1.165, 1.54) is 15.7 Å². The maximum atomic E-state index is 12.5. The number of rotatable bonds is 4. The average molecular weight is 350 g/mol. The second kappa shape index (κ2) is 6.28. The van der Waals surface area contributed by atoms with Gasteiger partial charge in [-0.25, -0.2) is 14.8 Å². The molecule has 0 spiro atoms. The summed E-state index contributed by atoms with van der Waals surface area (Å²) < 4.78 is 1.26. The first kappa shape index (κ1) is 15.9. The Balaban J connectivity index is 1.88. The number of halogens is 1. The van der Waals surface area contributed by atoms with Crippen molar-refractivity contribution in [1.29, 1.82) is 0 Å². The summed E-state index contributed by atoms with van der Waals surface area (Å²) in [4.78, 5) is 43.6. The smallest absolute Gasteiger partial charge is 0.407 e. The predicted molar refractivity (Wildman–Crippen MR) is 82.6 cm³/mol. The Bertz CT molecular complexity index is 801. The Kier molecular flexibility index (Phi) is 4.17. The lowest BCUT2D eigenvalue weighted by Crippen LogP contribution is -2.60. The first-order valence-corrected chi connectivity index (χ1v) is 7.32. The maximum absolute atomic E-state index is 12.5. The van der Waals surface area contributed by atoms with Crippen LogP contribution in [-0.4, -0.2) is 62.0 Å². The second-order valence-corrected chi connectivity index (χ2v) is 5.47. The number of amides is 2. The average Bonchev–Trinajstić information content (AvgIpc) is 2.87. The molecule has 1 fully saturated rings. The van der Waals surface area contributed by atoms with Gasteiger partial charge in [0.2, 0.25) is 0 Å². The molecule has 0 aliphatic carbocycles. The molecule has 0 atom stereocenters. The molecule has 0 bridgehead atoms. The van der Waals surface area contributed by atoms with Crippen molar-refractivity contribution in [2.45, 2.75) is 6.04 Å². The molecule has 1 saturated heterocycles. The van der Waals surface area contributed by atoms with Crippen LogP contribution in [0.25, 0.3) is 5.82 Å². The summed E-state index contributed by atoms with van der Waals surface area (Å²) in [6.45, 7) is 0.383. The molecule has 1 aliphatic rings. The van der Waals surface area contributed by atoms with Crippen molar-refractivity contribution in [2.24, 2.45) is 0 Å². The van der Waals surface area contributed by atoms with E-state index in [2.05, 4.69) is 15.3 Å². The van der Waals surface area contributed by atoms with Gasteiger partial charge in [0.25, 0.3) is 5.91 Å². The zero-order valence-corrected chi connectivity index (χ0v) is 13.0. The van der Waals surface area contributed by atoms with E-state index >= 15 is 0 Å². The zero-order valence-electron chi connectivity index (χ0n) is 12.2. The third kappa shape index (κ3) is 2.81. The van der Waals surface area contributed by atoms with E-state index in [0.29, 0.717) is 12.1 Å². The topological polar surface area (TPSA) is 117 Å². The molecule has 2 aromatic heterocycles.